The van der Waals surface area contributed by atoms with E-state index in [1.807, 2.05) is 0 Å². The van der Waals surface area contributed by atoms with Gasteiger partial charge in [-0.15, -0.1) is 0 Å². The third kappa shape index (κ3) is 2.82. The van der Waals surface area contributed by atoms with Gasteiger partial charge in [-0.3, -0.25) is 0 Å². The summed E-state index contributed by atoms with van der Waals surface area (Å²) in [6.45, 7) is 1.18. The minimum Gasteiger partial charge on any atom is -0.493 e. The molecule has 0 radical (unpaired) electrons. The molecule has 0 bridgehead atoms. The van der Waals surface area contributed by atoms with Crippen LogP contribution in [-0.2, 0) is 0 Å². The summed E-state index contributed by atoms with van der Waals surface area (Å²) < 4.78 is 11.2. The molecule has 1 aliphatic rings. The molecule has 0 aromatic heterocycles. The third-order valence-corrected chi connectivity index (χ3v) is 3.94. The summed E-state index contributed by atoms with van der Waals surface area (Å²) in [6, 6.07) is 7.47. The molecule has 2 N–H and O–H groups in total. The van der Waals surface area contributed by atoms with Crippen LogP contribution in [0.4, 0.5) is 0 Å². The van der Waals surface area contributed by atoms with E-state index in [1.165, 1.54) is 12.8 Å². The van der Waals surface area contributed by atoms with Crippen molar-refractivity contribution in [1.29, 1.82) is 5.26 Å². The number of nitriles is 1. The van der Waals surface area contributed by atoms with Crippen molar-refractivity contribution in [1.82, 2.24) is 0 Å². The summed E-state index contributed by atoms with van der Waals surface area (Å²) in [7, 11) is 1.58. The number of methoxy groups -OCH3 is 1. The molecule has 0 unspecified atom stereocenters. The maximum absolute atomic E-state index is 9.14. The molecule has 2 rings (SSSR count). The van der Waals surface area contributed by atoms with Crippen LogP contribution in [0.15, 0.2) is 18.2 Å². The van der Waals surface area contributed by atoms with E-state index >= 15 is 0 Å². The van der Waals surface area contributed by atoms with Gasteiger partial charge in [-0.25, -0.2) is 0 Å². The molecule has 0 aliphatic heterocycles. The van der Waals surface area contributed by atoms with Gasteiger partial charge >= 0.3 is 0 Å². The average Bonchev–Trinajstić information content (AvgIpc) is 2.94. The summed E-state index contributed by atoms with van der Waals surface area (Å²) in [5.41, 5.74) is 6.47. The highest BCUT2D eigenvalue weighted by molar-refractivity contribution is 5.52. The second-order valence-electron chi connectivity index (χ2n) is 5.15. The van der Waals surface area contributed by atoms with Gasteiger partial charge in [0.2, 0.25) is 0 Å². The van der Waals surface area contributed by atoms with Gasteiger partial charge in [-0.2, -0.15) is 5.26 Å². The predicted molar refractivity (Wildman–Crippen MR) is 73.2 cm³/mol. The SMILES string of the molecule is COc1cccc(C#N)c1OCC1(CN)CCCC1. The molecule has 0 amide bonds. The zero-order valence-corrected chi connectivity index (χ0v) is 11.3. The quantitative estimate of drug-likeness (QED) is 0.883. The molecule has 102 valence electrons. The van der Waals surface area contributed by atoms with E-state index in [4.69, 9.17) is 20.5 Å². The highest BCUT2D eigenvalue weighted by atomic mass is 16.5. The van der Waals surface area contributed by atoms with Crippen LogP contribution in [0.25, 0.3) is 0 Å². The van der Waals surface area contributed by atoms with Crippen molar-refractivity contribution >= 4 is 0 Å². The molecule has 1 aromatic carbocycles. The average molecular weight is 260 g/mol. The van der Waals surface area contributed by atoms with Crippen LogP contribution >= 0.6 is 0 Å². The zero-order valence-electron chi connectivity index (χ0n) is 11.3. The summed E-state index contributed by atoms with van der Waals surface area (Å²) in [5, 5.41) is 9.14. The van der Waals surface area contributed by atoms with Crippen LogP contribution in [0, 0.1) is 16.7 Å². The summed E-state index contributed by atoms with van der Waals surface area (Å²) in [4.78, 5) is 0. The van der Waals surface area contributed by atoms with Crippen LogP contribution in [-0.4, -0.2) is 20.3 Å². The lowest BCUT2D eigenvalue weighted by molar-refractivity contribution is 0.152. The highest BCUT2D eigenvalue weighted by Crippen LogP contribution is 2.39. The van der Waals surface area contributed by atoms with Crippen LogP contribution in [0.3, 0.4) is 0 Å². The van der Waals surface area contributed by atoms with Crippen molar-refractivity contribution in [2.45, 2.75) is 25.7 Å². The molecular weight excluding hydrogens is 240 g/mol. The van der Waals surface area contributed by atoms with Gasteiger partial charge in [-0.05, 0) is 25.0 Å². The van der Waals surface area contributed by atoms with Gasteiger partial charge in [0.25, 0.3) is 0 Å². The lowest BCUT2D eigenvalue weighted by Gasteiger charge is -2.27. The fourth-order valence-electron chi connectivity index (χ4n) is 2.67. The summed E-state index contributed by atoms with van der Waals surface area (Å²) in [5.74, 6) is 1.14. The molecule has 19 heavy (non-hydrogen) atoms. The molecule has 1 saturated carbocycles. The largest absolute Gasteiger partial charge is 0.493 e. The van der Waals surface area contributed by atoms with Gasteiger partial charge < -0.3 is 15.2 Å². The van der Waals surface area contributed by atoms with E-state index in [1.54, 1.807) is 25.3 Å². The lowest BCUT2D eigenvalue weighted by Crippen LogP contribution is -2.33. The topological polar surface area (TPSA) is 68.3 Å². The summed E-state index contributed by atoms with van der Waals surface area (Å²) >= 11 is 0. The molecule has 0 saturated heterocycles. The van der Waals surface area contributed by atoms with E-state index in [-0.39, 0.29) is 5.41 Å². The highest BCUT2D eigenvalue weighted by Gasteiger charge is 2.33. The number of hydrogen-bond acceptors (Lipinski definition) is 4. The number of para-hydroxylation sites is 1. The molecule has 1 aromatic rings. The molecule has 1 fully saturated rings. The van der Waals surface area contributed by atoms with Gasteiger partial charge in [0.05, 0.1) is 19.3 Å². The van der Waals surface area contributed by atoms with Crippen LogP contribution in [0.2, 0.25) is 0 Å². The standard InChI is InChI=1S/C15H20N2O2/c1-18-13-6-4-5-12(9-16)14(13)19-11-15(10-17)7-2-3-8-15/h4-6H,2-3,7-8,10-11,17H2,1H3. The van der Waals surface area contributed by atoms with Crippen molar-refractivity contribution in [3.63, 3.8) is 0 Å². The van der Waals surface area contributed by atoms with Crippen molar-refractivity contribution in [2.75, 3.05) is 20.3 Å². The van der Waals surface area contributed by atoms with Gasteiger partial charge in [0.15, 0.2) is 11.5 Å². The monoisotopic (exact) mass is 260 g/mol. The molecule has 0 atom stereocenters. The number of benzene rings is 1. The molecular formula is C15H20N2O2. The Bertz CT molecular complexity index is 474. The third-order valence-electron chi connectivity index (χ3n) is 3.94. The van der Waals surface area contributed by atoms with Crippen molar-refractivity contribution in [3.8, 4) is 17.6 Å². The van der Waals surface area contributed by atoms with Gasteiger partial charge in [-0.1, -0.05) is 18.9 Å². The van der Waals surface area contributed by atoms with Gasteiger partial charge in [0, 0.05) is 12.0 Å². The first-order chi connectivity index (χ1) is 9.24. The minimum atomic E-state index is 0.0631. The number of nitrogens with two attached hydrogens (primary N) is 1. The van der Waals surface area contributed by atoms with Crippen molar-refractivity contribution in [2.24, 2.45) is 11.1 Å². The fourth-order valence-corrected chi connectivity index (χ4v) is 2.67. The Balaban J connectivity index is 2.17. The Labute approximate surface area is 114 Å². The smallest absolute Gasteiger partial charge is 0.178 e. The number of rotatable bonds is 5. The van der Waals surface area contributed by atoms with Crippen LogP contribution < -0.4 is 15.2 Å². The van der Waals surface area contributed by atoms with Crippen LogP contribution in [0.1, 0.15) is 31.2 Å². The first-order valence-corrected chi connectivity index (χ1v) is 6.65. The number of hydrogen-bond donors (Lipinski definition) is 1. The van der Waals surface area contributed by atoms with Crippen molar-refractivity contribution < 1.29 is 9.47 Å². The predicted octanol–water partition coefficient (Wildman–Crippen LogP) is 2.46. The fraction of sp³-hybridized carbons (Fsp3) is 0.533. The second kappa shape index (κ2) is 5.94. The Hall–Kier alpha value is -1.73. The molecule has 0 heterocycles. The molecule has 4 heteroatoms. The van der Waals surface area contributed by atoms with Crippen LogP contribution in [0.5, 0.6) is 11.5 Å². The molecule has 1 aliphatic carbocycles. The first-order valence-electron chi connectivity index (χ1n) is 6.65. The Kier molecular flexibility index (Phi) is 4.28. The zero-order chi connectivity index (χ0) is 13.7. The first kappa shape index (κ1) is 13.7. The maximum atomic E-state index is 9.14. The van der Waals surface area contributed by atoms with Crippen molar-refractivity contribution in [3.05, 3.63) is 23.8 Å². The summed E-state index contributed by atoms with van der Waals surface area (Å²) in [6.07, 6.45) is 4.61. The molecule has 0 spiro atoms. The lowest BCUT2D eigenvalue weighted by atomic mass is 9.87. The maximum Gasteiger partial charge on any atom is 0.178 e. The Morgan fingerprint density at radius 1 is 1.37 bits per heavy atom. The molecule has 4 nitrogen and oxygen atoms in total. The van der Waals surface area contributed by atoms with E-state index in [0.717, 1.165) is 12.8 Å². The van der Waals surface area contributed by atoms with E-state index < -0.39 is 0 Å². The van der Waals surface area contributed by atoms with Gasteiger partial charge in [0.1, 0.15) is 6.07 Å². The number of ether oxygens (including phenoxy) is 2. The normalized spacial score (nSPS) is 16.9. The van der Waals surface area contributed by atoms with E-state index in [0.29, 0.717) is 30.2 Å². The number of nitrogens with zero attached hydrogens (tertiary/aromatic N) is 1. The Morgan fingerprint density at radius 3 is 2.68 bits per heavy atom. The van der Waals surface area contributed by atoms with E-state index in [9.17, 15) is 0 Å². The van der Waals surface area contributed by atoms with E-state index in [2.05, 4.69) is 6.07 Å². The Morgan fingerprint density at radius 2 is 2.11 bits per heavy atom. The second-order valence-corrected chi connectivity index (χ2v) is 5.15. The minimum absolute atomic E-state index is 0.0631.